The minimum absolute atomic E-state index is 0.0851. The van der Waals surface area contributed by atoms with Crippen molar-refractivity contribution >= 4 is 28.9 Å². The van der Waals surface area contributed by atoms with Crippen LogP contribution in [0.2, 0.25) is 10.0 Å². The average Bonchev–Trinajstić information content (AvgIpc) is 2.13. The third kappa shape index (κ3) is 1.61. The van der Waals surface area contributed by atoms with Crippen LogP contribution in [0.15, 0.2) is 0 Å². The molecule has 4 heteroatoms. The van der Waals surface area contributed by atoms with E-state index in [1.165, 1.54) is 0 Å². The van der Waals surface area contributed by atoms with Crippen LogP contribution in [0.3, 0.4) is 0 Å². The van der Waals surface area contributed by atoms with Gasteiger partial charge in [-0.15, -0.1) is 0 Å². The molecule has 2 N–H and O–H groups in total. The molecular formula is C9H10Cl2FN. The summed E-state index contributed by atoms with van der Waals surface area (Å²) in [6.45, 7) is 3.40. The molecule has 0 unspecified atom stereocenters. The zero-order valence-corrected chi connectivity index (χ0v) is 8.93. The lowest BCUT2D eigenvalue weighted by atomic mass is 10.1. The second-order valence-corrected chi connectivity index (χ2v) is 3.57. The van der Waals surface area contributed by atoms with Crippen molar-refractivity contribution < 1.29 is 4.39 Å². The first kappa shape index (κ1) is 10.6. The van der Waals surface area contributed by atoms with Gasteiger partial charge in [0.25, 0.3) is 0 Å². The van der Waals surface area contributed by atoms with E-state index in [0.717, 1.165) is 0 Å². The van der Waals surface area contributed by atoms with Gasteiger partial charge in [0.1, 0.15) is 5.82 Å². The quantitative estimate of drug-likeness (QED) is 0.570. The van der Waals surface area contributed by atoms with Crippen molar-refractivity contribution in [3.63, 3.8) is 0 Å². The van der Waals surface area contributed by atoms with Crippen molar-refractivity contribution in [3.05, 3.63) is 27.0 Å². The second kappa shape index (κ2) is 3.72. The summed E-state index contributed by atoms with van der Waals surface area (Å²) in [6, 6.07) is 0. The van der Waals surface area contributed by atoms with Crippen LogP contribution >= 0.6 is 23.2 Å². The molecule has 0 radical (unpaired) electrons. The zero-order valence-electron chi connectivity index (χ0n) is 7.42. The van der Waals surface area contributed by atoms with E-state index in [-0.39, 0.29) is 10.0 Å². The Morgan fingerprint density at radius 1 is 1.31 bits per heavy atom. The number of nitrogens with two attached hydrogens (primary N) is 1. The van der Waals surface area contributed by atoms with Crippen LogP contribution in [0.25, 0.3) is 0 Å². The van der Waals surface area contributed by atoms with E-state index in [2.05, 4.69) is 0 Å². The molecule has 0 saturated heterocycles. The second-order valence-electron chi connectivity index (χ2n) is 2.81. The number of halogens is 3. The number of hydrogen-bond donors (Lipinski definition) is 1. The predicted molar refractivity (Wildman–Crippen MR) is 54.9 cm³/mol. The molecule has 0 spiro atoms. The van der Waals surface area contributed by atoms with Crippen molar-refractivity contribution in [2.24, 2.45) is 0 Å². The largest absolute Gasteiger partial charge is 0.397 e. The lowest BCUT2D eigenvalue weighted by Gasteiger charge is -2.11. The molecule has 13 heavy (non-hydrogen) atoms. The van der Waals surface area contributed by atoms with Crippen LogP contribution in [0.1, 0.15) is 18.1 Å². The summed E-state index contributed by atoms with van der Waals surface area (Å²) < 4.78 is 13.3. The maximum atomic E-state index is 13.3. The first-order chi connectivity index (χ1) is 6.00. The van der Waals surface area contributed by atoms with Crippen LogP contribution in [-0.2, 0) is 6.42 Å². The average molecular weight is 222 g/mol. The summed E-state index contributed by atoms with van der Waals surface area (Å²) in [6.07, 6.45) is 0.571. The van der Waals surface area contributed by atoms with E-state index in [0.29, 0.717) is 23.2 Å². The molecule has 0 saturated carbocycles. The van der Waals surface area contributed by atoms with Gasteiger partial charge in [0, 0.05) is 5.56 Å². The summed E-state index contributed by atoms with van der Waals surface area (Å²) in [5.74, 6) is -0.474. The van der Waals surface area contributed by atoms with E-state index in [1.807, 2.05) is 6.92 Å². The molecule has 0 fully saturated rings. The summed E-state index contributed by atoms with van der Waals surface area (Å²) >= 11 is 11.6. The Morgan fingerprint density at radius 3 is 2.31 bits per heavy atom. The molecule has 1 rings (SSSR count). The lowest BCUT2D eigenvalue weighted by Crippen LogP contribution is -2.00. The SMILES string of the molecule is CCc1c(N)c(Cl)c(C)c(F)c1Cl. The number of nitrogen functional groups attached to an aromatic ring is 1. The Kier molecular flexibility index (Phi) is 3.04. The molecule has 0 aromatic heterocycles. The zero-order chi connectivity index (χ0) is 10.2. The summed E-state index contributed by atoms with van der Waals surface area (Å²) in [7, 11) is 0. The van der Waals surface area contributed by atoms with Crippen LogP contribution in [0, 0.1) is 12.7 Å². The van der Waals surface area contributed by atoms with E-state index < -0.39 is 5.82 Å². The van der Waals surface area contributed by atoms with Crippen molar-refractivity contribution in [3.8, 4) is 0 Å². The number of rotatable bonds is 1. The highest BCUT2D eigenvalue weighted by Crippen LogP contribution is 2.35. The van der Waals surface area contributed by atoms with E-state index in [1.54, 1.807) is 6.92 Å². The molecule has 1 aromatic carbocycles. The molecule has 72 valence electrons. The van der Waals surface area contributed by atoms with Gasteiger partial charge in [0.05, 0.1) is 15.7 Å². The Labute approximate surface area is 86.6 Å². The molecule has 0 bridgehead atoms. The standard InChI is InChI=1S/C9H10Cl2FN/c1-3-5-7(11)8(12)4(2)6(10)9(5)13/h3,13H2,1-2H3. The highest BCUT2D eigenvalue weighted by atomic mass is 35.5. The fraction of sp³-hybridized carbons (Fsp3) is 0.333. The van der Waals surface area contributed by atoms with Gasteiger partial charge < -0.3 is 5.73 Å². The van der Waals surface area contributed by atoms with Gasteiger partial charge in [0.15, 0.2) is 0 Å². The number of anilines is 1. The van der Waals surface area contributed by atoms with Crippen LogP contribution < -0.4 is 5.73 Å². The van der Waals surface area contributed by atoms with E-state index in [9.17, 15) is 4.39 Å². The molecule has 0 aliphatic heterocycles. The molecule has 0 heterocycles. The van der Waals surface area contributed by atoms with Gasteiger partial charge in [0.2, 0.25) is 0 Å². The van der Waals surface area contributed by atoms with Gasteiger partial charge in [-0.25, -0.2) is 4.39 Å². The van der Waals surface area contributed by atoms with Crippen LogP contribution in [0.5, 0.6) is 0 Å². The normalized spacial score (nSPS) is 10.5. The maximum Gasteiger partial charge on any atom is 0.146 e. The van der Waals surface area contributed by atoms with Crippen molar-refractivity contribution in [1.82, 2.24) is 0 Å². The third-order valence-electron chi connectivity index (χ3n) is 2.03. The van der Waals surface area contributed by atoms with Crippen molar-refractivity contribution in [2.75, 3.05) is 5.73 Å². The van der Waals surface area contributed by atoms with Crippen molar-refractivity contribution in [2.45, 2.75) is 20.3 Å². The Bertz CT molecular complexity index is 321. The molecule has 0 aliphatic carbocycles. The Hall–Kier alpha value is -0.470. The fourth-order valence-electron chi connectivity index (χ4n) is 1.19. The first-order valence-corrected chi connectivity index (χ1v) is 4.67. The number of benzene rings is 1. The molecule has 0 amide bonds. The monoisotopic (exact) mass is 221 g/mol. The topological polar surface area (TPSA) is 26.0 Å². The smallest absolute Gasteiger partial charge is 0.146 e. The fourth-order valence-corrected chi connectivity index (χ4v) is 1.77. The van der Waals surface area contributed by atoms with Gasteiger partial charge in [-0.2, -0.15) is 0 Å². The third-order valence-corrected chi connectivity index (χ3v) is 2.91. The van der Waals surface area contributed by atoms with Gasteiger partial charge >= 0.3 is 0 Å². The first-order valence-electron chi connectivity index (χ1n) is 3.92. The highest BCUT2D eigenvalue weighted by molar-refractivity contribution is 6.36. The Morgan fingerprint density at radius 2 is 1.85 bits per heavy atom. The minimum atomic E-state index is -0.474. The minimum Gasteiger partial charge on any atom is -0.397 e. The molecule has 1 aromatic rings. The summed E-state index contributed by atoms with van der Waals surface area (Å²) in [5, 5.41) is 0.348. The summed E-state index contributed by atoms with van der Waals surface area (Å²) in [5.41, 5.74) is 6.95. The van der Waals surface area contributed by atoms with Gasteiger partial charge in [-0.1, -0.05) is 30.1 Å². The molecule has 0 aliphatic rings. The predicted octanol–water partition coefficient (Wildman–Crippen LogP) is 3.59. The van der Waals surface area contributed by atoms with Gasteiger partial charge in [-0.05, 0) is 18.9 Å². The van der Waals surface area contributed by atoms with Crippen molar-refractivity contribution in [1.29, 1.82) is 0 Å². The molecular weight excluding hydrogens is 212 g/mol. The van der Waals surface area contributed by atoms with Crippen LogP contribution in [0.4, 0.5) is 10.1 Å². The number of hydrogen-bond acceptors (Lipinski definition) is 1. The molecule has 0 atom stereocenters. The van der Waals surface area contributed by atoms with Gasteiger partial charge in [-0.3, -0.25) is 0 Å². The van der Waals surface area contributed by atoms with Crippen LogP contribution in [-0.4, -0.2) is 0 Å². The molecule has 1 nitrogen and oxygen atoms in total. The summed E-state index contributed by atoms with van der Waals surface area (Å²) in [4.78, 5) is 0. The Balaban J connectivity index is 3.56. The maximum absolute atomic E-state index is 13.3. The van der Waals surface area contributed by atoms with E-state index in [4.69, 9.17) is 28.9 Å². The lowest BCUT2D eigenvalue weighted by molar-refractivity contribution is 0.617. The van der Waals surface area contributed by atoms with E-state index >= 15 is 0 Å². The highest BCUT2D eigenvalue weighted by Gasteiger charge is 2.16.